The molecule has 0 radical (unpaired) electrons. The molecule has 3 aromatic rings. The Morgan fingerprint density at radius 2 is 1.69 bits per heavy atom. The summed E-state index contributed by atoms with van der Waals surface area (Å²) in [5.41, 5.74) is 1.85. The van der Waals surface area contributed by atoms with E-state index in [1.54, 1.807) is 24.5 Å². The van der Waals surface area contributed by atoms with Crippen LogP contribution in [-0.2, 0) is 10.0 Å². The topological polar surface area (TPSA) is 95.7 Å². The molecule has 0 amide bonds. The smallest absolute Gasteiger partial charge is 0.238 e. The van der Waals surface area contributed by atoms with Gasteiger partial charge in [-0.25, -0.2) is 13.6 Å². The van der Waals surface area contributed by atoms with Crippen molar-refractivity contribution in [3.63, 3.8) is 0 Å². The fourth-order valence-electron chi connectivity index (χ4n) is 2.85. The fourth-order valence-corrected chi connectivity index (χ4v) is 4.11. The lowest BCUT2D eigenvalue weighted by atomic mass is 9.95. The zero-order chi connectivity index (χ0) is 21.2. The third kappa shape index (κ3) is 4.24. The second-order valence-electron chi connectivity index (χ2n) is 6.11. The lowest BCUT2D eigenvalue weighted by Crippen LogP contribution is -2.12. The van der Waals surface area contributed by atoms with E-state index in [-0.39, 0.29) is 21.8 Å². The quantitative estimate of drug-likeness (QED) is 0.453. The van der Waals surface area contributed by atoms with E-state index in [1.807, 2.05) is 23.6 Å². The van der Waals surface area contributed by atoms with Crippen LogP contribution in [-0.4, -0.2) is 28.4 Å². The van der Waals surface area contributed by atoms with Crippen LogP contribution < -0.4 is 14.6 Å². The number of allylic oxidation sites excluding steroid dienone is 1. The second-order valence-corrected chi connectivity index (χ2v) is 8.62. The van der Waals surface area contributed by atoms with E-state index in [9.17, 15) is 13.2 Å². The summed E-state index contributed by atoms with van der Waals surface area (Å²) in [5, 5.41) is 7.05. The van der Waals surface area contributed by atoms with E-state index in [0.29, 0.717) is 17.1 Å². The van der Waals surface area contributed by atoms with E-state index < -0.39 is 10.0 Å². The van der Waals surface area contributed by atoms with Gasteiger partial charge in [0, 0.05) is 33.2 Å². The molecule has 0 aliphatic rings. The predicted octanol–water partition coefficient (Wildman–Crippen LogP) is 3.98. The van der Waals surface area contributed by atoms with Gasteiger partial charge in [-0.2, -0.15) is 0 Å². The SMILES string of the molecule is C=C(C(=O)c1ccc(S(N)(=O)=O)cc1)c1cc(-c2cccs2)c(OC)cc1OC. The highest BCUT2D eigenvalue weighted by Gasteiger charge is 2.20. The average Bonchev–Trinajstić information content (AvgIpc) is 3.25. The van der Waals surface area contributed by atoms with Crippen LogP contribution in [0, 0.1) is 0 Å². The summed E-state index contributed by atoms with van der Waals surface area (Å²) < 4.78 is 33.7. The second kappa shape index (κ2) is 8.20. The van der Waals surface area contributed by atoms with Crippen molar-refractivity contribution in [2.24, 2.45) is 5.14 Å². The minimum absolute atomic E-state index is 0.0679. The molecule has 0 aliphatic carbocycles. The van der Waals surface area contributed by atoms with Crippen LogP contribution in [0.5, 0.6) is 11.5 Å². The van der Waals surface area contributed by atoms with Crippen LogP contribution in [0.15, 0.2) is 65.4 Å². The minimum Gasteiger partial charge on any atom is -0.496 e. The van der Waals surface area contributed by atoms with E-state index in [0.717, 1.165) is 10.4 Å². The summed E-state index contributed by atoms with van der Waals surface area (Å²) in [7, 11) is -0.763. The van der Waals surface area contributed by atoms with Gasteiger partial charge in [0.2, 0.25) is 10.0 Å². The molecule has 2 N–H and O–H groups in total. The number of nitrogens with two attached hydrogens (primary N) is 1. The number of ether oxygens (including phenoxy) is 2. The Morgan fingerprint density at radius 3 is 2.21 bits per heavy atom. The maximum atomic E-state index is 13.0. The van der Waals surface area contributed by atoms with Crippen molar-refractivity contribution in [1.29, 1.82) is 0 Å². The van der Waals surface area contributed by atoms with Crippen molar-refractivity contribution in [2.75, 3.05) is 14.2 Å². The molecular formula is C21H19NO5S2. The van der Waals surface area contributed by atoms with Crippen LogP contribution in [0.25, 0.3) is 16.0 Å². The zero-order valence-electron chi connectivity index (χ0n) is 15.8. The van der Waals surface area contributed by atoms with Gasteiger partial charge < -0.3 is 9.47 Å². The van der Waals surface area contributed by atoms with Gasteiger partial charge in [-0.15, -0.1) is 11.3 Å². The number of Topliss-reactive ketones (excluding diaryl/α,β-unsaturated/α-hetero) is 1. The van der Waals surface area contributed by atoms with Crippen molar-refractivity contribution in [3.8, 4) is 21.9 Å². The molecular weight excluding hydrogens is 410 g/mol. The van der Waals surface area contributed by atoms with Crippen molar-refractivity contribution in [3.05, 3.63) is 71.6 Å². The summed E-state index contributed by atoms with van der Waals surface area (Å²) in [6, 6.07) is 12.8. The van der Waals surface area contributed by atoms with Crippen LogP contribution in [0.2, 0.25) is 0 Å². The predicted molar refractivity (Wildman–Crippen MR) is 114 cm³/mol. The summed E-state index contributed by atoms with van der Waals surface area (Å²) in [6.45, 7) is 3.95. The fraction of sp³-hybridized carbons (Fsp3) is 0.0952. The first kappa shape index (κ1) is 20.8. The first-order valence-electron chi connectivity index (χ1n) is 8.43. The zero-order valence-corrected chi connectivity index (χ0v) is 17.5. The molecule has 0 atom stereocenters. The number of thiophene rings is 1. The average molecular weight is 430 g/mol. The Balaban J connectivity index is 2.04. The summed E-state index contributed by atoms with van der Waals surface area (Å²) in [4.78, 5) is 13.9. The number of benzene rings is 2. The Morgan fingerprint density at radius 1 is 1.03 bits per heavy atom. The van der Waals surface area contributed by atoms with E-state index >= 15 is 0 Å². The molecule has 0 saturated carbocycles. The number of ketones is 1. The number of methoxy groups -OCH3 is 2. The van der Waals surface area contributed by atoms with Crippen molar-refractivity contribution >= 4 is 32.7 Å². The Labute approximate surface area is 173 Å². The highest BCUT2D eigenvalue weighted by molar-refractivity contribution is 7.89. The Hall–Kier alpha value is -2.94. The number of sulfonamides is 1. The molecule has 8 heteroatoms. The van der Waals surface area contributed by atoms with Crippen molar-refractivity contribution in [1.82, 2.24) is 0 Å². The molecule has 29 heavy (non-hydrogen) atoms. The van der Waals surface area contributed by atoms with Crippen LogP contribution >= 0.6 is 11.3 Å². The molecule has 0 unspecified atom stereocenters. The molecule has 150 valence electrons. The van der Waals surface area contributed by atoms with Gasteiger partial charge in [-0.3, -0.25) is 4.79 Å². The standard InChI is InChI=1S/C21H19NO5S2/c1-13(21(23)14-6-8-15(9-7-14)29(22,24)25)16-11-17(20-5-4-10-28-20)19(27-3)12-18(16)26-2/h4-12H,1H2,2-3H3,(H2,22,24,25). The molecule has 0 saturated heterocycles. The van der Waals surface area contributed by atoms with E-state index in [2.05, 4.69) is 6.58 Å². The third-order valence-corrected chi connectivity index (χ3v) is 6.18. The maximum absolute atomic E-state index is 13.0. The third-order valence-electron chi connectivity index (χ3n) is 4.35. The first-order valence-corrected chi connectivity index (χ1v) is 10.9. The molecule has 0 aliphatic heterocycles. The van der Waals surface area contributed by atoms with Gasteiger partial charge in [-0.05, 0) is 41.8 Å². The molecule has 0 bridgehead atoms. The highest BCUT2D eigenvalue weighted by atomic mass is 32.2. The van der Waals surface area contributed by atoms with Gasteiger partial charge in [0.25, 0.3) is 0 Å². The maximum Gasteiger partial charge on any atom is 0.238 e. The van der Waals surface area contributed by atoms with Gasteiger partial charge in [0.05, 0.1) is 19.1 Å². The number of hydrogen-bond acceptors (Lipinski definition) is 6. The van der Waals surface area contributed by atoms with Gasteiger partial charge >= 0.3 is 0 Å². The molecule has 1 heterocycles. The summed E-state index contributed by atoms with van der Waals surface area (Å²) in [6.07, 6.45) is 0. The lowest BCUT2D eigenvalue weighted by molar-refractivity contribution is 0.105. The minimum atomic E-state index is -3.83. The van der Waals surface area contributed by atoms with Crippen LogP contribution in [0.1, 0.15) is 15.9 Å². The summed E-state index contributed by atoms with van der Waals surface area (Å²) >= 11 is 1.54. The summed E-state index contributed by atoms with van der Waals surface area (Å²) in [5.74, 6) is 0.707. The highest BCUT2D eigenvalue weighted by Crippen LogP contribution is 2.40. The lowest BCUT2D eigenvalue weighted by Gasteiger charge is -2.15. The first-order chi connectivity index (χ1) is 13.8. The van der Waals surface area contributed by atoms with Gasteiger partial charge in [-0.1, -0.05) is 12.6 Å². The Kier molecular flexibility index (Phi) is 5.88. The monoisotopic (exact) mass is 429 g/mol. The normalized spacial score (nSPS) is 11.1. The molecule has 6 nitrogen and oxygen atoms in total. The molecule has 0 spiro atoms. The molecule has 2 aromatic carbocycles. The Bertz CT molecular complexity index is 1160. The van der Waals surface area contributed by atoms with Gasteiger partial charge in [0.15, 0.2) is 5.78 Å². The van der Waals surface area contributed by atoms with Crippen molar-refractivity contribution in [2.45, 2.75) is 4.90 Å². The number of primary sulfonamides is 1. The van der Waals surface area contributed by atoms with E-state index in [4.69, 9.17) is 14.6 Å². The van der Waals surface area contributed by atoms with Crippen LogP contribution in [0.4, 0.5) is 0 Å². The largest absolute Gasteiger partial charge is 0.496 e. The number of hydrogen-bond donors (Lipinski definition) is 1. The number of rotatable bonds is 7. The van der Waals surface area contributed by atoms with Crippen molar-refractivity contribution < 1.29 is 22.7 Å². The van der Waals surface area contributed by atoms with Gasteiger partial charge in [0.1, 0.15) is 11.5 Å². The molecule has 0 fully saturated rings. The number of carbonyl (C=O) groups is 1. The van der Waals surface area contributed by atoms with Crippen LogP contribution in [0.3, 0.4) is 0 Å². The van der Waals surface area contributed by atoms with E-state index in [1.165, 1.54) is 31.4 Å². The molecule has 1 aromatic heterocycles. The number of carbonyl (C=O) groups excluding carboxylic acids is 1. The molecule has 3 rings (SSSR count).